The monoisotopic (exact) mass is 533 g/mol. The number of hydrogen-bond acceptors (Lipinski definition) is 6. The van der Waals surface area contributed by atoms with Crippen molar-refractivity contribution < 1.29 is 14.3 Å². The predicted octanol–water partition coefficient (Wildman–Crippen LogP) is 6.59. The van der Waals surface area contributed by atoms with E-state index in [2.05, 4.69) is 35.3 Å². The minimum Gasteiger partial charge on any atom is -0.461 e. The van der Waals surface area contributed by atoms with Crippen molar-refractivity contribution in [1.29, 1.82) is 0 Å². The first kappa shape index (κ1) is 28.1. The number of nitrogens with one attached hydrogen (secondary N) is 1. The Hall–Kier alpha value is -2.44. The van der Waals surface area contributed by atoms with E-state index < -0.39 is 11.7 Å². The molecule has 1 aliphatic carbocycles. The summed E-state index contributed by atoms with van der Waals surface area (Å²) in [6.07, 6.45) is 6.40. The van der Waals surface area contributed by atoms with E-state index in [1.54, 1.807) is 0 Å². The number of benzene rings is 1. The number of pyridine rings is 1. The number of carbonyl (C=O) groups is 1. The number of aromatic nitrogens is 1. The number of anilines is 1. The molecule has 1 N–H and O–H groups in total. The van der Waals surface area contributed by atoms with Crippen LogP contribution in [-0.4, -0.2) is 42.3 Å². The highest BCUT2D eigenvalue weighted by molar-refractivity contribution is 5.88. The highest BCUT2D eigenvalue weighted by atomic mass is 16.6. The van der Waals surface area contributed by atoms with Gasteiger partial charge in [0.2, 0.25) is 0 Å². The molecule has 2 fully saturated rings. The number of piperidine rings is 1. The Morgan fingerprint density at radius 3 is 2.38 bits per heavy atom. The average molecular weight is 534 g/mol. The zero-order chi connectivity index (χ0) is 27.9. The molecule has 0 amide bonds. The summed E-state index contributed by atoms with van der Waals surface area (Å²) < 4.78 is 12.3. The van der Waals surface area contributed by atoms with Crippen LogP contribution in [0.25, 0.3) is 11.1 Å². The number of aryl methyl sites for hydroxylation is 2. The van der Waals surface area contributed by atoms with Gasteiger partial charge in [0.25, 0.3) is 0 Å². The second kappa shape index (κ2) is 10.9. The highest BCUT2D eigenvalue weighted by Crippen LogP contribution is 2.51. The Labute approximate surface area is 234 Å². The quantitative estimate of drug-likeness (QED) is 0.423. The molecule has 0 radical (unpaired) electrons. The smallest absolute Gasteiger partial charge is 0.340 e. The molecule has 3 aliphatic rings. The van der Waals surface area contributed by atoms with E-state index in [0.717, 1.165) is 60.8 Å². The van der Waals surface area contributed by atoms with Crippen LogP contribution in [0.3, 0.4) is 0 Å². The number of rotatable bonds is 6. The van der Waals surface area contributed by atoms with Gasteiger partial charge in [-0.2, -0.15) is 0 Å². The van der Waals surface area contributed by atoms with E-state index in [4.69, 9.17) is 14.5 Å². The molecule has 1 atom stereocenters. The molecule has 212 valence electrons. The van der Waals surface area contributed by atoms with Crippen LogP contribution in [0, 0.1) is 19.3 Å². The number of hydrogen-bond donors (Lipinski definition) is 1. The van der Waals surface area contributed by atoms with Gasteiger partial charge in [0.05, 0.1) is 17.4 Å². The molecule has 1 saturated carbocycles. The molecule has 6 heteroatoms. The molecule has 6 nitrogen and oxygen atoms in total. The molecule has 1 spiro atoms. The van der Waals surface area contributed by atoms with Gasteiger partial charge < -0.3 is 19.7 Å². The van der Waals surface area contributed by atoms with Crippen molar-refractivity contribution in [2.45, 2.75) is 111 Å². The minimum absolute atomic E-state index is 0.229. The van der Waals surface area contributed by atoms with Crippen LogP contribution >= 0.6 is 0 Å². The number of ether oxygens (including phenoxy) is 2. The van der Waals surface area contributed by atoms with Crippen molar-refractivity contribution in [3.05, 3.63) is 46.3 Å². The summed E-state index contributed by atoms with van der Waals surface area (Å²) in [5, 5.41) is 3.49. The van der Waals surface area contributed by atoms with E-state index in [-0.39, 0.29) is 12.1 Å². The molecule has 3 heterocycles. The van der Waals surface area contributed by atoms with Crippen molar-refractivity contribution >= 4 is 11.7 Å². The maximum atomic E-state index is 13.7. The van der Waals surface area contributed by atoms with Crippen LogP contribution in [0.15, 0.2) is 18.2 Å². The van der Waals surface area contributed by atoms with Gasteiger partial charge in [0, 0.05) is 42.1 Å². The van der Waals surface area contributed by atoms with E-state index in [9.17, 15) is 4.79 Å². The summed E-state index contributed by atoms with van der Waals surface area (Å²) in [6.45, 7) is 17.8. The van der Waals surface area contributed by atoms with Crippen LogP contribution in [0.2, 0.25) is 0 Å². The maximum absolute atomic E-state index is 13.7. The fourth-order valence-electron chi connectivity index (χ4n) is 6.72. The second-order valence-corrected chi connectivity index (χ2v) is 13.3. The van der Waals surface area contributed by atoms with Crippen molar-refractivity contribution in [1.82, 2.24) is 10.3 Å². The SMILES string of the molecule is Cc1nc(C)c(C(OC(C)(C)C)C(=O)OC(C)C)c(N2CCC3(CCC3)CC2)c1-c1ccc2c(c1)CCNC2. The van der Waals surface area contributed by atoms with E-state index in [0.29, 0.717) is 5.41 Å². The van der Waals surface area contributed by atoms with Gasteiger partial charge >= 0.3 is 5.97 Å². The number of nitrogens with zero attached hydrogens (tertiary/aromatic N) is 2. The molecule has 1 saturated heterocycles. The summed E-state index contributed by atoms with van der Waals surface area (Å²) in [5.41, 5.74) is 8.85. The molecule has 39 heavy (non-hydrogen) atoms. The van der Waals surface area contributed by atoms with Gasteiger partial charge in [-0.05, 0) is 109 Å². The Bertz CT molecular complexity index is 1220. The molecule has 2 aliphatic heterocycles. The van der Waals surface area contributed by atoms with Crippen LogP contribution in [0.1, 0.15) is 101 Å². The summed E-state index contributed by atoms with van der Waals surface area (Å²) >= 11 is 0. The van der Waals surface area contributed by atoms with E-state index in [1.165, 1.54) is 48.8 Å². The van der Waals surface area contributed by atoms with Crippen LogP contribution in [0.4, 0.5) is 5.69 Å². The van der Waals surface area contributed by atoms with Crippen molar-refractivity contribution in [2.24, 2.45) is 5.41 Å². The lowest BCUT2D eigenvalue weighted by molar-refractivity contribution is -0.171. The standard InChI is InChI=1S/C33H47N3O3/c1-21(2)38-31(37)30(39-32(5,6)7)28-23(4)35-22(3)27(25-9-10-26-20-34-16-11-24(26)19-25)29(28)36-17-14-33(15-18-36)12-8-13-33/h9-10,19,21,30,34H,8,11-18,20H2,1-7H3. The minimum atomic E-state index is -0.851. The van der Waals surface area contributed by atoms with Gasteiger partial charge in [-0.15, -0.1) is 0 Å². The van der Waals surface area contributed by atoms with Gasteiger partial charge in [-0.3, -0.25) is 4.98 Å². The lowest BCUT2D eigenvalue weighted by Gasteiger charge is -2.49. The Kier molecular flexibility index (Phi) is 7.82. The maximum Gasteiger partial charge on any atom is 0.340 e. The number of esters is 1. The van der Waals surface area contributed by atoms with E-state index >= 15 is 0 Å². The largest absolute Gasteiger partial charge is 0.461 e. The third-order valence-corrected chi connectivity index (χ3v) is 8.81. The summed E-state index contributed by atoms with van der Waals surface area (Å²) in [5.74, 6) is -0.343. The van der Waals surface area contributed by atoms with Crippen LogP contribution in [0.5, 0.6) is 0 Å². The summed E-state index contributed by atoms with van der Waals surface area (Å²) in [6, 6.07) is 6.85. The number of fused-ring (bicyclic) bond motifs is 1. The van der Waals surface area contributed by atoms with Crippen molar-refractivity contribution in [3.8, 4) is 11.1 Å². The fraction of sp³-hybridized carbons (Fsp3) is 0.636. The Morgan fingerprint density at radius 2 is 1.77 bits per heavy atom. The molecule has 2 aromatic rings. The lowest BCUT2D eigenvalue weighted by atomic mass is 9.63. The Morgan fingerprint density at radius 1 is 1.05 bits per heavy atom. The van der Waals surface area contributed by atoms with Gasteiger partial charge in [-0.1, -0.05) is 24.6 Å². The van der Waals surface area contributed by atoms with Crippen LogP contribution < -0.4 is 10.2 Å². The third kappa shape index (κ3) is 5.88. The predicted molar refractivity (Wildman–Crippen MR) is 157 cm³/mol. The van der Waals surface area contributed by atoms with Crippen LogP contribution in [-0.2, 0) is 27.2 Å². The topological polar surface area (TPSA) is 63.7 Å². The zero-order valence-electron chi connectivity index (χ0n) is 25.1. The second-order valence-electron chi connectivity index (χ2n) is 13.3. The normalized spacial score (nSPS) is 19.5. The molecule has 5 rings (SSSR count). The molecule has 1 aromatic heterocycles. The van der Waals surface area contributed by atoms with E-state index in [1.807, 2.05) is 41.5 Å². The molecular formula is C33H47N3O3. The van der Waals surface area contributed by atoms with Gasteiger partial charge in [0.1, 0.15) is 0 Å². The van der Waals surface area contributed by atoms with Gasteiger partial charge in [0.15, 0.2) is 6.10 Å². The first-order chi connectivity index (χ1) is 18.5. The Balaban J connectivity index is 1.69. The molecule has 1 unspecified atom stereocenters. The number of carbonyl (C=O) groups excluding carboxylic acids is 1. The molecule has 1 aromatic carbocycles. The van der Waals surface area contributed by atoms with Crippen molar-refractivity contribution in [3.63, 3.8) is 0 Å². The third-order valence-electron chi connectivity index (χ3n) is 8.81. The van der Waals surface area contributed by atoms with Gasteiger partial charge in [-0.25, -0.2) is 4.79 Å². The first-order valence-corrected chi connectivity index (χ1v) is 14.9. The summed E-state index contributed by atoms with van der Waals surface area (Å²) in [4.78, 5) is 21.3. The average Bonchev–Trinajstić information content (AvgIpc) is 2.85. The highest BCUT2D eigenvalue weighted by Gasteiger charge is 2.42. The zero-order valence-corrected chi connectivity index (χ0v) is 25.1. The van der Waals surface area contributed by atoms with Crippen molar-refractivity contribution in [2.75, 3.05) is 24.5 Å². The molecular weight excluding hydrogens is 486 g/mol. The molecule has 0 bridgehead atoms. The fourth-order valence-corrected chi connectivity index (χ4v) is 6.72. The first-order valence-electron chi connectivity index (χ1n) is 14.9. The lowest BCUT2D eigenvalue weighted by Crippen LogP contribution is -2.44. The summed E-state index contributed by atoms with van der Waals surface area (Å²) in [7, 11) is 0.